The van der Waals surface area contributed by atoms with E-state index in [1.165, 1.54) is 0 Å². The van der Waals surface area contributed by atoms with Gasteiger partial charge in [-0.3, -0.25) is 9.78 Å². The Labute approximate surface area is 165 Å². The molecular weight excluding hydrogens is 383 g/mol. The number of aromatic amines is 1. The van der Waals surface area contributed by atoms with Crippen molar-refractivity contribution in [2.24, 2.45) is 17.8 Å². The van der Waals surface area contributed by atoms with Crippen LogP contribution in [-0.2, 0) is 0 Å². The van der Waals surface area contributed by atoms with Gasteiger partial charge in [0.2, 0.25) is 5.28 Å². The van der Waals surface area contributed by atoms with Gasteiger partial charge in [0.15, 0.2) is 11.6 Å². The number of anilines is 1. The van der Waals surface area contributed by atoms with Gasteiger partial charge >= 0.3 is 0 Å². The highest BCUT2D eigenvalue weighted by Gasteiger charge is 2.55. The first-order valence-corrected chi connectivity index (χ1v) is 9.62. The predicted molar refractivity (Wildman–Crippen MR) is 103 cm³/mol. The topological polar surface area (TPSA) is 86.8 Å². The molecule has 1 aliphatic heterocycles. The first kappa shape index (κ1) is 17.4. The van der Waals surface area contributed by atoms with Gasteiger partial charge in [-0.05, 0) is 47.9 Å². The fourth-order valence-electron chi connectivity index (χ4n) is 4.35. The quantitative estimate of drug-likeness (QED) is 0.643. The van der Waals surface area contributed by atoms with Crippen molar-refractivity contribution in [2.45, 2.75) is 6.42 Å². The van der Waals surface area contributed by atoms with Crippen molar-refractivity contribution in [3.8, 4) is 0 Å². The zero-order valence-electron chi connectivity index (χ0n) is 14.9. The van der Waals surface area contributed by atoms with Crippen LogP contribution in [0.25, 0.3) is 10.9 Å². The van der Waals surface area contributed by atoms with Crippen molar-refractivity contribution in [3.05, 3.63) is 47.5 Å². The van der Waals surface area contributed by atoms with Crippen molar-refractivity contribution in [3.63, 3.8) is 0 Å². The van der Waals surface area contributed by atoms with Crippen LogP contribution in [0.4, 0.5) is 10.2 Å². The maximum Gasteiger partial charge on any atom is 0.267 e. The zero-order valence-corrected chi connectivity index (χ0v) is 15.7. The number of nitrogens with one attached hydrogen (secondary N) is 2. The molecule has 1 aliphatic carbocycles. The summed E-state index contributed by atoms with van der Waals surface area (Å²) in [6, 6.07) is 3.65. The number of hydrogen-bond acceptors (Lipinski definition) is 5. The van der Waals surface area contributed by atoms with Crippen molar-refractivity contribution in [1.82, 2.24) is 25.3 Å². The molecule has 5 rings (SSSR count). The van der Waals surface area contributed by atoms with Crippen molar-refractivity contribution in [1.29, 1.82) is 0 Å². The minimum Gasteiger partial charge on any atom is -0.353 e. The van der Waals surface area contributed by atoms with Crippen LogP contribution in [0.5, 0.6) is 0 Å². The Bertz CT molecular complexity index is 1010. The number of carbonyl (C=O) groups is 1. The monoisotopic (exact) mass is 400 g/mol. The van der Waals surface area contributed by atoms with Gasteiger partial charge in [0.05, 0.1) is 6.20 Å². The van der Waals surface area contributed by atoms with E-state index in [0.29, 0.717) is 30.0 Å². The number of nitrogens with zero attached hydrogens (tertiary/aromatic N) is 4. The second kappa shape index (κ2) is 6.70. The van der Waals surface area contributed by atoms with E-state index in [1.807, 2.05) is 17.0 Å². The van der Waals surface area contributed by atoms with Gasteiger partial charge in [-0.25, -0.2) is 9.37 Å². The molecule has 1 saturated heterocycles. The SMILES string of the molecule is O=C(NCCC1[C@H]2CN(c3nc(Cl)ncc3F)C[C@@H]12)c1cc2cnccc2[nH]1. The first-order chi connectivity index (χ1) is 13.6. The van der Waals surface area contributed by atoms with E-state index in [9.17, 15) is 9.18 Å². The molecule has 1 amide bonds. The van der Waals surface area contributed by atoms with E-state index in [-0.39, 0.29) is 17.0 Å². The molecule has 1 unspecified atom stereocenters. The first-order valence-electron chi connectivity index (χ1n) is 9.24. The van der Waals surface area contributed by atoms with Crippen molar-refractivity contribution >= 4 is 34.2 Å². The van der Waals surface area contributed by atoms with Crippen LogP contribution in [0.1, 0.15) is 16.9 Å². The molecule has 2 fully saturated rings. The number of amides is 1. The molecule has 7 nitrogen and oxygen atoms in total. The van der Waals surface area contributed by atoms with Crippen LogP contribution in [-0.4, -0.2) is 45.5 Å². The third-order valence-electron chi connectivity index (χ3n) is 5.80. The van der Waals surface area contributed by atoms with Gasteiger partial charge in [-0.1, -0.05) is 0 Å². The molecule has 9 heteroatoms. The maximum absolute atomic E-state index is 13.9. The number of hydrogen-bond donors (Lipinski definition) is 2. The molecule has 3 aromatic rings. The zero-order chi connectivity index (χ0) is 19.3. The number of halogens is 2. The molecule has 2 N–H and O–H groups in total. The van der Waals surface area contributed by atoms with Gasteiger partial charge in [-0.2, -0.15) is 4.98 Å². The summed E-state index contributed by atoms with van der Waals surface area (Å²) in [4.78, 5) is 29.1. The molecule has 0 radical (unpaired) electrons. The van der Waals surface area contributed by atoms with Gasteiger partial charge in [0.25, 0.3) is 5.91 Å². The summed E-state index contributed by atoms with van der Waals surface area (Å²) < 4.78 is 13.9. The Morgan fingerprint density at radius 2 is 2.18 bits per heavy atom. The van der Waals surface area contributed by atoms with E-state index in [4.69, 9.17) is 11.6 Å². The lowest BCUT2D eigenvalue weighted by molar-refractivity contribution is 0.0948. The van der Waals surface area contributed by atoms with E-state index in [2.05, 4.69) is 25.3 Å². The summed E-state index contributed by atoms with van der Waals surface area (Å²) in [6.45, 7) is 2.16. The molecule has 3 aromatic heterocycles. The lowest BCUT2D eigenvalue weighted by atomic mass is 10.2. The number of carbonyl (C=O) groups excluding carboxylic acids is 1. The largest absolute Gasteiger partial charge is 0.353 e. The van der Waals surface area contributed by atoms with E-state index in [0.717, 1.165) is 36.6 Å². The normalized spacial score (nSPS) is 23.1. The minimum atomic E-state index is -0.442. The molecule has 144 valence electrons. The molecule has 0 aromatic carbocycles. The lowest BCUT2D eigenvalue weighted by Crippen LogP contribution is -2.28. The lowest BCUT2D eigenvalue weighted by Gasteiger charge is -2.21. The Balaban J connectivity index is 1.12. The Morgan fingerprint density at radius 1 is 1.36 bits per heavy atom. The van der Waals surface area contributed by atoms with Crippen LogP contribution in [0.2, 0.25) is 5.28 Å². The van der Waals surface area contributed by atoms with Gasteiger partial charge < -0.3 is 15.2 Å². The van der Waals surface area contributed by atoms with Crippen LogP contribution < -0.4 is 10.2 Å². The average molecular weight is 401 g/mol. The molecular formula is C19H18ClFN6O. The smallest absolute Gasteiger partial charge is 0.267 e. The number of fused-ring (bicyclic) bond motifs is 2. The number of aromatic nitrogens is 4. The van der Waals surface area contributed by atoms with Crippen LogP contribution in [0.15, 0.2) is 30.7 Å². The molecule has 0 bridgehead atoms. The second-order valence-corrected chi connectivity index (χ2v) is 7.74. The molecule has 4 heterocycles. The molecule has 28 heavy (non-hydrogen) atoms. The van der Waals surface area contributed by atoms with Gasteiger partial charge in [-0.15, -0.1) is 0 Å². The van der Waals surface area contributed by atoms with Crippen LogP contribution in [0.3, 0.4) is 0 Å². The summed E-state index contributed by atoms with van der Waals surface area (Å²) in [5.74, 6) is 1.33. The highest BCUT2D eigenvalue weighted by molar-refractivity contribution is 6.28. The fraction of sp³-hybridized carbons (Fsp3) is 0.368. The predicted octanol–water partition coefficient (Wildman–Crippen LogP) is 2.65. The van der Waals surface area contributed by atoms with Crippen LogP contribution >= 0.6 is 11.6 Å². The number of H-pyrrole nitrogens is 1. The Morgan fingerprint density at radius 3 is 2.96 bits per heavy atom. The summed E-state index contributed by atoms with van der Waals surface area (Å²) in [6.07, 6.45) is 5.45. The third-order valence-corrected chi connectivity index (χ3v) is 5.98. The number of pyridine rings is 1. The summed E-state index contributed by atoms with van der Waals surface area (Å²) in [5.41, 5.74) is 1.44. The molecule has 3 atom stereocenters. The minimum absolute atomic E-state index is 0.0593. The number of rotatable bonds is 5. The summed E-state index contributed by atoms with van der Waals surface area (Å²) in [5, 5.41) is 3.96. The van der Waals surface area contributed by atoms with Crippen LogP contribution in [0, 0.1) is 23.6 Å². The van der Waals surface area contributed by atoms with Gasteiger partial charge in [0, 0.05) is 42.9 Å². The second-order valence-electron chi connectivity index (χ2n) is 7.40. The highest BCUT2D eigenvalue weighted by atomic mass is 35.5. The molecule has 1 saturated carbocycles. The maximum atomic E-state index is 13.9. The highest BCUT2D eigenvalue weighted by Crippen LogP contribution is 2.54. The Hall–Kier alpha value is -2.74. The standard InChI is InChI=1S/C19H18ClFN6O/c20-19-24-7-14(21)17(26-19)27-8-12-11(13(12)9-27)1-4-23-18(28)16-5-10-6-22-3-2-15(10)25-16/h2-3,5-7,11-13,25H,1,4,8-9H2,(H,23,28)/t11?,12-,13+. The van der Waals surface area contributed by atoms with Gasteiger partial charge in [0.1, 0.15) is 5.69 Å². The fourth-order valence-corrected chi connectivity index (χ4v) is 4.48. The Kier molecular flexibility index (Phi) is 4.16. The van der Waals surface area contributed by atoms with Crippen molar-refractivity contribution < 1.29 is 9.18 Å². The van der Waals surface area contributed by atoms with E-state index >= 15 is 0 Å². The van der Waals surface area contributed by atoms with E-state index in [1.54, 1.807) is 12.4 Å². The van der Waals surface area contributed by atoms with E-state index < -0.39 is 5.82 Å². The van der Waals surface area contributed by atoms with Crippen molar-refractivity contribution in [2.75, 3.05) is 24.5 Å². The molecule has 2 aliphatic rings. The average Bonchev–Trinajstić information content (AvgIpc) is 3.05. The molecule has 0 spiro atoms. The number of piperidine rings is 1. The third kappa shape index (κ3) is 3.07. The summed E-state index contributed by atoms with van der Waals surface area (Å²) in [7, 11) is 0. The summed E-state index contributed by atoms with van der Waals surface area (Å²) >= 11 is 5.78.